The van der Waals surface area contributed by atoms with E-state index in [2.05, 4.69) is 19.9 Å². The fourth-order valence-electron chi connectivity index (χ4n) is 2.81. The number of nitrogens with zero attached hydrogens (tertiary/aromatic N) is 5. The predicted octanol–water partition coefficient (Wildman–Crippen LogP) is 1.54. The highest BCUT2D eigenvalue weighted by molar-refractivity contribution is 5.92. The van der Waals surface area contributed by atoms with Gasteiger partial charge in [-0.25, -0.2) is 4.98 Å². The summed E-state index contributed by atoms with van der Waals surface area (Å²) in [6.07, 6.45) is 5.68. The Hall–Kier alpha value is -2.54. The van der Waals surface area contributed by atoms with Crippen molar-refractivity contribution in [2.24, 2.45) is 0 Å². The van der Waals surface area contributed by atoms with Gasteiger partial charge in [-0.1, -0.05) is 0 Å². The van der Waals surface area contributed by atoms with Gasteiger partial charge in [-0.05, 0) is 27.1 Å². The lowest BCUT2D eigenvalue weighted by molar-refractivity contribution is 0.0766. The van der Waals surface area contributed by atoms with E-state index >= 15 is 0 Å². The fourth-order valence-corrected chi connectivity index (χ4v) is 2.81. The van der Waals surface area contributed by atoms with Gasteiger partial charge in [0, 0.05) is 38.0 Å². The first-order valence-corrected chi connectivity index (χ1v) is 8.35. The van der Waals surface area contributed by atoms with Gasteiger partial charge < -0.3 is 14.5 Å². The van der Waals surface area contributed by atoms with Crippen LogP contribution in [0.2, 0.25) is 0 Å². The lowest BCUT2D eigenvalue weighted by atomic mass is 10.3. The van der Waals surface area contributed by atoms with Crippen LogP contribution < -0.4 is 4.74 Å². The minimum Gasteiger partial charge on any atom is -0.488 e. The SMILES string of the molecule is Cc1cnc(C(=O)N2CCC(Oc3ccnc(CN(C)C)c3)C2)cn1. The van der Waals surface area contributed by atoms with Crippen LogP contribution in [-0.2, 0) is 6.54 Å². The van der Waals surface area contributed by atoms with Gasteiger partial charge in [0.15, 0.2) is 0 Å². The highest BCUT2D eigenvalue weighted by Gasteiger charge is 2.29. The molecule has 7 nitrogen and oxygen atoms in total. The molecule has 1 atom stereocenters. The molecule has 1 aliphatic rings. The minimum atomic E-state index is -0.0957. The molecule has 3 rings (SSSR count). The van der Waals surface area contributed by atoms with Crippen molar-refractivity contribution in [2.75, 3.05) is 27.2 Å². The number of ether oxygens (including phenoxy) is 1. The van der Waals surface area contributed by atoms with Gasteiger partial charge in [-0.3, -0.25) is 14.8 Å². The molecule has 0 aliphatic carbocycles. The van der Waals surface area contributed by atoms with Gasteiger partial charge >= 0.3 is 0 Å². The molecule has 7 heteroatoms. The lowest BCUT2D eigenvalue weighted by Gasteiger charge is -2.17. The molecule has 25 heavy (non-hydrogen) atoms. The summed E-state index contributed by atoms with van der Waals surface area (Å²) in [5.41, 5.74) is 2.14. The van der Waals surface area contributed by atoms with E-state index in [0.29, 0.717) is 18.8 Å². The normalized spacial score (nSPS) is 17.1. The molecule has 3 heterocycles. The molecule has 1 fully saturated rings. The van der Waals surface area contributed by atoms with Crippen LogP contribution >= 0.6 is 0 Å². The van der Waals surface area contributed by atoms with Crippen LogP contribution in [0.25, 0.3) is 0 Å². The van der Waals surface area contributed by atoms with Crippen molar-refractivity contribution in [3.63, 3.8) is 0 Å². The van der Waals surface area contributed by atoms with E-state index in [0.717, 1.165) is 30.1 Å². The third kappa shape index (κ3) is 4.51. The Morgan fingerprint density at radius 2 is 2.16 bits per heavy atom. The van der Waals surface area contributed by atoms with Crippen molar-refractivity contribution in [3.05, 3.63) is 47.8 Å². The first-order valence-electron chi connectivity index (χ1n) is 8.35. The Bertz CT molecular complexity index is 733. The summed E-state index contributed by atoms with van der Waals surface area (Å²) in [6, 6.07) is 3.81. The number of rotatable bonds is 5. The molecule has 0 N–H and O–H groups in total. The van der Waals surface area contributed by atoms with E-state index in [1.807, 2.05) is 33.2 Å². The molecule has 1 unspecified atom stereocenters. The van der Waals surface area contributed by atoms with Gasteiger partial charge in [0.05, 0.1) is 24.1 Å². The number of carbonyl (C=O) groups is 1. The molecule has 1 amide bonds. The number of aryl methyl sites for hydroxylation is 1. The number of hydrogen-bond donors (Lipinski definition) is 0. The summed E-state index contributed by atoms with van der Waals surface area (Å²) in [4.78, 5) is 29.0. The molecule has 2 aromatic heterocycles. The maximum atomic E-state index is 12.5. The Morgan fingerprint density at radius 3 is 2.88 bits per heavy atom. The molecule has 1 saturated heterocycles. The molecule has 1 aliphatic heterocycles. The first kappa shape index (κ1) is 17.3. The maximum Gasteiger partial charge on any atom is 0.274 e. The Labute approximate surface area is 147 Å². The molecular formula is C18H23N5O2. The molecule has 0 aromatic carbocycles. The molecule has 0 saturated carbocycles. The summed E-state index contributed by atoms with van der Waals surface area (Å²) >= 11 is 0. The number of likely N-dealkylation sites (tertiary alicyclic amines) is 1. The van der Waals surface area contributed by atoms with Crippen molar-refractivity contribution >= 4 is 5.91 Å². The standard InChI is InChI=1S/C18H23N5O2/c1-13-9-21-17(10-20-13)18(24)23-7-5-16(12-23)25-15-4-6-19-14(8-15)11-22(2)3/h4,6,8-10,16H,5,7,11-12H2,1-3H3. The number of pyridine rings is 1. The van der Waals surface area contributed by atoms with Crippen LogP contribution in [0, 0.1) is 6.92 Å². The summed E-state index contributed by atoms with van der Waals surface area (Å²) in [5.74, 6) is 0.697. The predicted molar refractivity (Wildman–Crippen MR) is 93.3 cm³/mol. The molecule has 132 valence electrons. The topological polar surface area (TPSA) is 71.5 Å². The maximum absolute atomic E-state index is 12.5. The summed E-state index contributed by atoms with van der Waals surface area (Å²) < 4.78 is 6.04. The fraction of sp³-hybridized carbons (Fsp3) is 0.444. The average Bonchev–Trinajstić information content (AvgIpc) is 3.03. The zero-order valence-electron chi connectivity index (χ0n) is 14.8. The molecule has 0 radical (unpaired) electrons. The van der Waals surface area contributed by atoms with E-state index in [-0.39, 0.29) is 12.0 Å². The summed E-state index contributed by atoms with van der Waals surface area (Å²) in [7, 11) is 4.01. The van der Waals surface area contributed by atoms with Crippen LogP contribution in [0.15, 0.2) is 30.7 Å². The van der Waals surface area contributed by atoms with Crippen molar-refractivity contribution in [1.29, 1.82) is 0 Å². The van der Waals surface area contributed by atoms with E-state index in [1.165, 1.54) is 6.20 Å². The van der Waals surface area contributed by atoms with Crippen LogP contribution in [0.5, 0.6) is 5.75 Å². The smallest absolute Gasteiger partial charge is 0.274 e. The largest absolute Gasteiger partial charge is 0.488 e. The molecule has 0 spiro atoms. The second-order valence-corrected chi connectivity index (χ2v) is 6.54. The van der Waals surface area contributed by atoms with Gasteiger partial charge in [-0.15, -0.1) is 0 Å². The zero-order chi connectivity index (χ0) is 17.8. The van der Waals surface area contributed by atoms with Crippen molar-refractivity contribution in [3.8, 4) is 5.75 Å². The van der Waals surface area contributed by atoms with Crippen molar-refractivity contribution in [1.82, 2.24) is 24.8 Å². The Kier molecular flexibility index (Phi) is 5.23. The first-order chi connectivity index (χ1) is 12.0. The van der Waals surface area contributed by atoms with Gasteiger partial charge in [-0.2, -0.15) is 0 Å². The second kappa shape index (κ2) is 7.57. The third-order valence-electron chi connectivity index (χ3n) is 4.00. The highest BCUT2D eigenvalue weighted by Crippen LogP contribution is 2.20. The Balaban J connectivity index is 1.59. The molecular weight excluding hydrogens is 318 g/mol. The number of carbonyl (C=O) groups excluding carboxylic acids is 1. The number of amides is 1. The minimum absolute atomic E-state index is 0.0167. The monoisotopic (exact) mass is 341 g/mol. The van der Waals surface area contributed by atoms with Crippen LogP contribution in [-0.4, -0.2) is 63.9 Å². The second-order valence-electron chi connectivity index (χ2n) is 6.54. The molecule has 2 aromatic rings. The van der Waals surface area contributed by atoms with Crippen LogP contribution in [0.1, 0.15) is 28.3 Å². The lowest BCUT2D eigenvalue weighted by Crippen LogP contribution is -2.31. The zero-order valence-corrected chi connectivity index (χ0v) is 14.8. The highest BCUT2D eigenvalue weighted by atomic mass is 16.5. The van der Waals surface area contributed by atoms with Crippen LogP contribution in [0.4, 0.5) is 0 Å². The van der Waals surface area contributed by atoms with Gasteiger partial charge in [0.2, 0.25) is 0 Å². The summed E-state index contributed by atoms with van der Waals surface area (Å²) in [5, 5.41) is 0. The number of aromatic nitrogens is 3. The van der Waals surface area contributed by atoms with Crippen molar-refractivity contribution < 1.29 is 9.53 Å². The third-order valence-corrected chi connectivity index (χ3v) is 4.00. The van der Waals surface area contributed by atoms with Crippen LogP contribution in [0.3, 0.4) is 0 Å². The summed E-state index contributed by atoms with van der Waals surface area (Å²) in [6.45, 7) is 3.83. The van der Waals surface area contributed by atoms with E-state index < -0.39 is 0 Å². The quantitative estimate of drug-likeness (QED) is 0.821. The van der Waals surface area contributed by atoms with E-state index in [9.17, 15) is 4.79 Å². The molecule has 0 bridgehead atoms. The Morgan fingerprint density at radius 1 is 1.32 bits per heavy atom. The van der Waals surface area contributed by atoms with Crippen molar-refractivity contribution in [2.45, 2.75) is 26.0 Å². The van der Waals surface area contributed by atoms with E-state index in [4.69, 9.17) is 4.74 Å². The average molecular weight is 341 g/mol. The van der Waals surface area contributed by atoms with Gasteiger partial charge in [0.25, 0.3) is 5.91 Å². The number of hydrogen-bond acceptors (Lipinski definition) is 6. The van der Waals surface area contributed by atoms with E-state index in [1.54, 1.807) is 17.3 Å². The van der Waals surface area contributed by atoms with Gasteiger partial charge in [0.1, 0.15) is 17.5 Å².